The molecule has 0 saturated carbocycles. The van der Waals surface area contributed by atoms with Crippen LogP contribution >= 0.6 is 10.5 Å². The van der Waals surface area contributed by atoms with Crippen LogP contribution in [0.5, 0.6) is 0 Å². The monoisotopic (exact) mass is 132 g/mol. The van der Waals surface area contributed by atoms with Crippen molar-refractivity contribution in [3.63, 3.8) is 0 Å². The van der Waals surface area contributed by atoms with E-state index in [1.54, 1.807) is 0 Å². The van der Waals surface area contributed by atoms with Crippen molar-refractivity contribution in [2.24, 2.45) is 0 Å². The zero-order valence-corrected chi connectivity index (χ0v) is 4.13. The Morgan fingerprint density at radius 1 is 1.60 bits per heavy atom. The van der Waals surface area contributed by atoms with Crippen LogP contribution in [0.15, 0.2) is 0 Å². The van der Waals surface area contributed by atoms with E-state index >= 15 is 0 Å². The molecule has 0 rings (SSSR count). The zero-order chi connectivity index (χ0) is 4.50. The van der Waals surface area contributed by atoms with Crippen molar-refractivity contribution < 1.29 is 24.2 Å². The summed E-state index contributed by atoms with van der Waals surface area (Å²) >= 11 is -4.92. The van der Waals surface area contributed by atoms with Gasteiger partial charge in [0.25, 0.3) is 0 Å². The fourth-order valence-corrected chi connectivity index (χ4v) is 0. The molecule has 0 spiro atoms. The summed E-state index contributed by atoms with van der Waals surface area (Å²) in [4.78, 5) is 0. The van der Waals surface area contributed by atoms with Crippen molar-refractivity contribution in [1.82, 2.24) is 0 Å². The second-order valence-corrected chi connectivity index (χ2v) is 3.37. The first kappa shape index (κ1) is 5.47. The number of rotatable bonds is 0. The second kappa shape index (κ2) is 1.29. The van der Waals surface area contributed by atoms with Crippen molar-refractivity contribution in [3.05, 3.63) is 0 Å². The summed E-state index contributed by atoms with van der Waals surface area (Å²) in [6.45, 7) is 0. The average molecular weight is 132 g/mol. The van der Waals surface area contributed by atoms with Gasteiger partial charge in [0.15, 0.2) is 0 Å². The third kappa shape index (κ3) is 122. The molecule has 0 aromatic heterocycles. The molecule has 0 bridgehead atoms. The Morgan fingerprint density at radius 3 is 1.60 bits per heavy atom. The maximum absolute atomic E-state index is 8.96. The first-order valence-corrected chi connectivity index (χ1v) is 4.12. The van der Waals surface area contributed by atoms with E-state index < -0.39 is 12.0 Å². The summed E-state index contributed by atoms with van der Waals surface area (Å²) < 4.78 is 26.9. The van der Waals surface area contributed by atoms with Gasteiger partial charge >= 0.3 is 34.7 Å². The first-order valence-electron chi connectivity index (χ1n) is 0.667. The summed E-state index contributed by atoms with van der Waals surface area (Å²) in [5, 5.41) is 0. The van der Waals surface area contributed by atoms with E-state index in [1.807, 2.05) is 0 Å². The SMILES string of the molecule is [O]=[Cr]([O-])([O-])=[S]. The van der Waals surface area contributed by atoms with Gasteiger partial charge in [0.2, 0.25) is 0 Å². The molecule has 5 heteroatoms. The van der Waals surface area contributed by atoms with Crippen molar-refractivity contribution in [2.45, 2.75) is 0 Å². The van der Waals surface area contributed by atoms with Gasteiger partial charge in [-0.2, -0.15) is 0 Å². The van der Waals surface area contributed by atoms with Crippen LogP contribution < -0.4 is 8.32 Å². The molecule has 0 unspecified atom stereocenters. The van der Waals surface area contributed by atoms with Crippen LogP contribution in [0.1, 0.15) is 0 Å². The van der Waals surface area contributed by atoms with Gasteiger partial charge in [0, 0.05) is 0 Å². The predicted octanol–water partition coefficient (Wildman–Crippen LogP) is -1.85. The van der Waals surface area contributed by atoms with Crippen LogP contribution in [-0.2, 0) is 15.8 Å². The van der Waals surface area contributed by atoms with Crippen LogP contribution in [0.2, 0.25) is 0 Å². The van der Waals surface area contributed by atoms with Crippen molar-refractivity contribution in [2.75, 3.05) is 0 Å². The van der Waals surface area contributed by atoms with Gasteiger partial charge in [0.05, 0.1) is 0 Å². The Bertz CT molecular complexity index is 90.1. The predicted molar refractivity (Wildman–Crippen MR) is 8.28 cm³/mol. The Labute approximate surface area is 35.2 Å². The quantitative estimate of drug-likeness (QED) is 0.388. The Morgan fingerprint density at radius 2 is 1.60 bits per heavy atom. The molecule has 0 aromatic carbocycles. The molecular weight excluding hydrogens is 132 g/mol. The zero-order valence-electron chi connectivity index (χ0n) is 2.04. The van der Waals surface area contributed by atoms with E-state index in [9.17, 15) is 0 Å². The molecule has 0 fully saturated rings. The standard InChI is InChI=1S/Cr.3O.S/q;;2*-1;. The van der Waals surface area contributed by atoms with Gasteiger partial charge in [-0.15, -0.1) is 0 Å². The van der Waals surface area contributed by atoms with Gasteiger partial charge in [0.1, 0.15) is 0 Å². The van der Waals surface area contributed by atoms with Crippen LogP contribution in [0.25, 0.3) is 0 Å². The van der Waals surface area contributed by atoms with E-state index in [0.29, 0.717) is 0 Å². The second-order valence-electron chi connectivity index (χ2n) is 0.408. The van der Waals surface area contributed by atoms with Crippen molar-refractivity contribution in [3.8, 4) is 0 Å². The molecule has 5 heavy (non-hydrogen) atoms. The van der Waals surface area contributed by atoms with Gasteiger partial charge in [-0.3, -0.25) is 0 Å². The Kier molecular flexibility index (Phi) is 1.41. The summed E-state index contributed by atoms with van der Waals surface area (Å²) in [5.41, 5.74) is 0. The van der Waals surface area contributed by atoms with Gasteiger partial charge in [-0.05, 0) is 0 Å². The van der Waals surface area contributed by atoms with Gasteiger partial charge in [-0.25, -0.2) is 0 Å². The fourth-order valence-electron chi connectivity index (χ4n) is 0. The summed E-state index contributed by atoms with van der Waals surface area (Å²) in [6, 6.07) is 0. The summed E-state index contributed by atoms with van der Waals surface area (Å²) in [7, 11) is 3.32. The van der Waals surface area contributed by atoms with Crippen LogP contribution in [0.4, 0.5) is 0 Å². The molecule has 0 atom stereocenters. The molecule has 0 radical (unpaired) electrons. The molecule has 0 amide bonds. The van der Waals surface area contributed by atoms with E-state index in [-0.39, 0.29) is 0 Å². The average Bonchev–Trinajstić information content (AvgIpc) is 0.722. The van der Waals surface area contributed by atoms with Crippen molar-refractivity contribution >= 4 is 10.5 Å². The van der Waals surface area contributed by atoms with Gasteiger partial charge in [-0.1, -0.05) is 0 Å². The minimum atomic E-state index is -4.92. The summed E-state index contributed by atoms with van der Waals surface area (Å²) in [5.74, 6) is 0. The van der Waals surface area contributed by atoms with Gasteiger partial charge < -0.3 is 0 Å². The Hall–Kier alpha value is 0.472. The minimum absolute atomic E-state index is 3.32. The normalized spacial score (nSPS) is 11.6. The molecule has 32 valence electrons. The molecule has 0 aliphatic rings. The fraction of sp³-hybridized carbons (Fsp3) is 0. The molecule has 0 aliphatic heterocycles. The maximum atomic E-state index is 8.96. The molecule has 0 N–H and O–H groups in total. The molecule has 3 nitrogen and oxygen atoms in total. The number of hydrogen-bond acceptors (Lipinski definition) is 4. The van der Waals surface area contributed by atoms with E-state index in [4.69, 9.17) is 12.1 Å². The van der Waals surface area contributed by atoms with E-state index in [2.05, 4.69) is 10.5 Å². The third-order valence-corrected chi connectivity index (χ3v) is 0. The van der Waals surface area contributed by atoms with Crippen LogP contribution in [0, 0.1) is 0 Å². The molecule has 0 aromatic rings. The Balaban J connectivity index is 4.06. The van der Waals surface area contributed by atoms with E-state index in [1.165, 1.54) is 0 Å². The molecule has 0 heterocycles. The van der Waals surface area contributed by atoms with E-state index in [0.717, 1.165) is 0 Å². The van der Waals surface area contributed by atoms with Crippen LogP contribution in [-0.4, -0.2) is 0 Å². The molecule has 0 aliphatic carbocycles. The summed E-state index contributed by atoms with van der Waals surface area (Å²) in [6.07, 6.45) is 0. The van der Waals surface area contributed by atoms with Crippen LogP contribution in [0.3, 0.4) is 0 Å². The topological polar surface area (TPSA) is 63.2 Å². The number of hydrogen-bond donors (Lipinski definition) is 0. The molecule has 0 saturated heterocycles. The third-order valence-electron chi connectivity index (χ3n) is 0. The van der Waals surface area contributed by atoms with Crippen molar-refractivity contribution in [1.29, 1.82) is 0 Å². The first-order chi connectivity index (χ1) is 2.00. The molecular formula is CrO3S-2.